The summed E-state index contributed by atoms with van der Waals surface area (Å²) in [5.74, 6) is 1.50. The summed E-state index contributed by atoms with van der Waals surface area (Å²) < 4.78 is 8.18. The third kappa shape index (κ3) is 11.9. The minimum Gasteiger partial charge on any atom is -0.489 e. The lowest BCUT2D eigenvalue weighted by Crippen LogP contribution is -2.54. The summed E-state index contributed by atoms with van der Waals surface area (Å²) in [6.07, 6.45) is 2.03. The molecule has 17 heteroatoms. The molecule has 0 bridgehead atoms. The molecule has 354 valence electrons. The van der Waals surface area contributed by atoms with E-state index in [1.807, 2.05) is 104 Å². The van der Waals surface area contributed by atoms with Crippen LogP contribution in [0.4, 0.5) is 5.69 Å². The normalized spacial score (nSPS) is 16.7. The van der Waals surface area contributed by atoms with Gasteiger partial charge in [-0.3, -0.25) is 28.7 Å². The van der Waals surface area contributed by atoms with Gasteiger partial charge in [0.1, 0.15) is 35.3 Å². The number of benzene rings is 3. The van der Waals surface area contributed by atoms with Gasteiger partial charge in [-0.25, -0.2) is 0 Å². The number of anilines is 1. The SMILES string of the molecule is Cc1sc2c(c1C)C(c1ccc(Cl)cc1)=N[C@@H](CC(=O)NCCCC(=O)NCCCC(=O)NCc1ccc(COc3ccc4c(c3)N(C)[C@@H](C(C)C)C(=O)N[C@H](CO)C4)cc1)c1nnc(C)n1-2. The number of aliphatic hydroxyl groups is 1. The van der Waals surface area contributed by atoms with Gasteiger partial charge in [0.25, 0.3) is 0 Å². The minimum absolute atomic E-state index is 0.0568. The van der Waals surface area contributed by atoms with Crippen LogP contribution < -0.4 is 30.9 Å². The maximum absolute atomic E-state index is 13.3. The van der Waals surface area contributed by atoms with Crippen LogP contribution in [0.5, 0.6) is 5.75 Å². The number of aliphatic imine (C=N–C) groups is 1. The van der Waals surface area contributed by atoms with Gasteiger partial charge < -0.3 is 36.0 Å². The average molecular weight is 951 g/mol. The van der Waals surface area contributed by atoms with Gasteiger partial charge in [-0.2, -0.15) is 0 Å². The van der Waals surface area contributed by atoms with Crippen molar-refractivity contribution >= 4 is 58.0 Å². The van der Waals surface area contributed by atoms with Gasteiger partial charge in [0, 0.05) is 72.3 Å². The molecule has 5 aromatic rings. The second-order valence-electron chi connectivity index (χ2n) is 17.6. The van der Waals surface area contributed by atoms with E-state index in [-0.39, 0.29) is 67.5 Å². The molecule has 2 aliphatic rings. The van der Waals surface area contributed by atoms with Crippen LogP contribution in [0.2, 0.25) is 5.02 Å². The molecular weight excluding hydrogens is 890 g/mol. The van der Waals surface area contributed by atoms with Gasteiger partial charge in [0.05, 0.1) is 24.8 Å². The van der Waals surface area contributed by atoms with E-state index in [4.69, 9.17) is 21.3 Å². The Morgan fingerprint density at radius 3 is 2.27 bits per heavy atom. The van der Waals surface area contributed by atoms with Crippen LogP contribution in [0.25, 0.3) is 5.00 Å². The fourth-order valence-electron chi connectivity index (χ4n) is 8.55. The molecule has 67 heavy (non-hydrogen) atoms. The first-order valence-electron chi connectivity index (χ1n) is 22.8. The molecule has 4 heterocycles. The number of nitrogens with zero attached hydrogens (tertiary/aromatic N) is 5. The van der Waals surface area contributed by atoms with Crippen LogP contribution in [0.3, 0.4) is 0 Å². The van der Waals surface area contributed by atoms with Crippen LogP contribution in [-0.4, -0.2) is 88.0 Å². The Bertz CT molecular complexity index is 2610. The molecule has 0 radical (unpaired) electrons. The lowest BCUT2D eigenvalue weighted by atomic mass is 9.95. The number of carbonyl (C=O) groups excluding carboxylic acids is 4. The molecule has 5 N–H and O–H groups in total. The highest BCUT2D eigenvalue weighted by atomic mass is 35.5. The largest absolute Gasteiger partial charge is 0.489 e. The van der Waals surface area contributed by atoms with Crippen molar-refractivity contribution in [2.24, 2.45) is 10.9 Å². The maximum atomic E-state index is 13.3. The Labute approximate surface area is 400 Å². The number of aliphatic hydroxyl groups excluding tert-OH is 1. The van der Waals surface area contributed by atoms with E-state index in [9.17, 15) is 24.3 Å². The lowest BCUT2D eigenvalue weighted by molar-refractivity contribution is -0.124. The van der Waals surface area contributed by atoms with Crippen molar-refractivity contribution in [1.82, 2.24) is 36.0 Å². The Morgan fingerprint density at radius 2 is 1.58 bits per heavy atom. The number of fused-ring (bicyclic) bond motifs is 4. The third-order valence-corrected chi connectivity index (χ3v) is 13.7. The number of aromatic nitrogens is 3. The van der Waals surface area contributed by atoms with Crippen molar-refractivity contribution in [3.63, 3.8) is 0 Å². The summed E-state index contributed by atoms with van der Waals surface area (Å²) in [5.41, 5.74) is 7.63. The summed E-state index contributed by atoms with van der Waals surface area (Å²) in [5, 5.41) is 32.1. The number of ether oxygens (including phenoxy) is 1. The molecular formula is C50H60ClN9O6S. The third-order valence-electron chi connectivity index (χ3n) is 12.2. The standard InChI is InChI=1S/C50H60ClN9O6S/c1-29(2)47-49(65)55-38(27-61)23-36-17-20-39(24-41(36)59(47)6)66-28-34-13-11-33(12-14-34)26-54-43(63)10-8-21-52-42(62)9-7-22-53-44(64)25-40-48-58-57-32(5)60(48)50-45(30(3)31(4)67-50)46(56-40)35-15-18-37(51)19-16-35/h11-20,24,29,38,40,47,61H,7-10,21-23,25-28H2,1-6H3,(H,52,62)(H,53,64)(H,54,63)(H,55,65)/t38-,40-,47-/m0/s1. The first-order valence-corrected chi connectivity index (χ1v) is 24.0. The number of amides is 4. The van der Waals surface area contributed by atoms with Crippen molar-refractivity contribution in [3.05, 3.63) is 122 Å². The number of rotatable bonds is 18. The number of likely N-dealkylation sites (N-methyl/N-ethyl adjacent to an activating group) is 1. The molecule has 0 saturated heterocycles. The van der Waals surface area contributed by atoms with Crippen LogP contribution in [0, 0.1) is 26.7 Å². The lowest BCUT2D eigenvalue weighted by Gasteiger charge is -2.37. The van der Waals surface area contributed by atoms with Gasteiger partial charge >= 0.3 is 0 Å². The van der Waals surface area contributed by atoms with Crippen molar-refractivity contribution in [2.45, 2.75) is 104 Å². The van der Waals surface area contributed by atoms with Crippen molar-refractivity contribution in [1.29, 1.82) is 0 Å². The predicted molar refractivity (Wildman–Crippen MR) is 261 cm³/mol. The number of aryl methyl sites for hydroxylation is 2. The number of carbonyl (C=O) groups is 4. The van der Waals surface area contributed by atoms with E-state index in [1.54, 1.807) is 11.3 Å². The molecule has 0 unspecified atom stereocenters. The molecule has 2 aromatic heterocycles. The Kier molecular flexibility index (Phi) is 16.1. The summed E-state index contributed by atoms with van der Waals surface area (Å²) in [6, 6.07) is 19.9. The van der Waals surface area contributed by atoms with Crippen LogP contribution >= 0.6 is 22.9 Å². The summed E-state index contributed by atoms with van der Waals surface area (Å²) in [6.45, 7) is 11.3. The fraction of sp³-hybridized carbons (Fsp3) is 0.420. The van der Waals surface area contributed by atoms with E-state index in [2.05, 4.69) is 45.3 Å². The van der Waals surface area contributed by atoms with E-state index in [0.717, 1.165) is 54.7 Å². The molecule has 0 fully saturated rings. The monoisotopic (exact) mass is 949 g/mol. The van der Waals surface area contributed by atoms with Gasteiger partial charge in [-0.15, -0.1) is 21.5 Å². The van der Waals surface area contributed by atoms with Crippen molar-refractivity contribution in [3.8, 4) is 10.8 Å². The molecule has 7 rings (SSSR count). The van der Waals surface area contributed by atoms with Crippen molar-refractivity contribution in [2.75, 3.05) is 31.6 Å². The molecule has 0 saturated carbocycles. The second-order valence-corrected chi connectivity index (χ2v) is 19.2. The number of hydrogen-bond acceptors (Lipinski definition) is 11. The smallest absolute Gasteiger partial charge is 0.243 e. The molecule has 0 aliphatic carbocycles. The zero-order chi connectivity index (χ0) is 47.8. The molecule has 3 atom stereocenters. The Hall–Kier alpha value is -6.10. The zero-order valence-corrected chi connectivity index (χ0v) is 40.5. The predicted octanol–water partition coefficient (Wildman–Crippen LogP) is 6.37. The Balaban J connectivity index is 0.803. The quantitative estimate of drug-likeness (QED) is 0.0621. The highest BCUT2D eigenvalue weighted by Crippen LogP contribution is 2.40. The Morgan fingerprint density at radius 1 is 0.910 bits per heavy atom. The average Bonchev–Trinajstić information content (AvgIpc) is 3.79. The molecule has 2 aliphatic heterocycles. The van der Waals surface area contributed by atoms with Gasteiger partial charge in [0.15, 0.2) is 5.82 Å². The topological polar surface area (TPSA) is 192 Å². The minimum atomic E-state index is -0.585. The van der Waals surface area contributed by atoms with Gasteiger partial charge in [-0.05, 0) is 86.4 Å². The summed E-state index contributed by atoms with van der Waals surface area (Å²) in [7, 11) is 1.92. The number of hydrogen-bond donors (Lipinski definition) is 5. The maximum Gasteiger partial charge on any atom is 0.243 e. The second kappa shape index (κ2) is 22.1. The summed E-state index contributed by atoms with van der Waals surface area (Å²) >= 11 is 7.88. The van der Waals surface area contributed by atoms with Crippen LogP contribution in [0.15, 0.2) is 71.7 Å². The van der Waals surface area contributed by atoms with E-state index < -0.39 is 6.04 Å². The van der Waals surface area contributed by atoms with E-state index in [1.165, 1.54) is 0 Å². The van der Waals surface area contributed by atoms with E-state index >= 15 is 0 Å². The highest BCUT2D eigenvalue weighted by Gasteiger charge is 2.34. The fourth-order valence-corrected chi connectivity index (χ4v) is 9.89. The van der Waals surface area contributed by atoms with Crippen molar-refractivity contribution < 1.29 is 29.0 Å². The molecule has 3 aromatic carbocycles. The number of thiophene rings is 1. The van der Waals surface area contributed by atoms with Crippen LogP contribution in [0.1, 0.15) is 102 Å². The zero-order valence-electron chi connectivity index (χ0n) is 38.9. The summed E-state index contributed by atoms with van der Waals surface area (Å²) in [4.78, 5) is 59.8. The number of nitrogens with one attached hydrogen (secondary N) is 4. The van der Waals surface area contributed by atoms with Gasteiger partial charge in [0.2, 0.25) is 23.6 Å². The first-order chi connectivity index (χ1) is 32.2. The number of halogens is 1. The van der Waals surface area contributed by atoms with Crippen LogP contribution in [-0.2, 0) is 38.8 Å². The highest BCUT2D eigenvalue weighted by molar-refractivity contribution is 7.15. The van der Waals surface area contributed by atoms with Gasteiger partial charge in [-0.1, -0.05) is 67.9 Å². The molecule has 15 nitrogen and oxygen atoms in total. The molecule has 0 spiro atoms. The first kappa shape index (κ1) is 48.8. The van der Waals surface area contributed by atoms with E-state index in [0.29, 0.717) is 67.9 Å². The molecule has 4 amide bonds.